The molecule has 52 valence electrons. The van der Waals surface area contributed by atoms with E-state index in [1.807, 2.05) is 0 Å². The number of hydrogen-bond acceptors (Lipinski definition) is 2. The van der Waals surface area contributed by atoms with E-state index in [1.54, 1.807) is 0 Å². The van der Waals surface area contributed by atoms with Gasteiger partial charge in [0.25, 0.3) is 0 Å². The first kappa shape index (κ1) is 10.7. The second-order valence-corrected chi connectivity index (χ2v) is 1.08. The molecule has 0 atom stereocenters. The fraction of sp³-hybridized carbons (Fsp3) is 0.400. The molecule has 0 heterocycles. The molecule has 0 aliphatic carbocycles. The topological polar surface area (TPSA) is 89.3 Å². The van der Waals surface area contributed by atoms with Crippen molar-refractivity contribution in [1.29, 1.82) is 0 Å². The third-order valence-corrected chi connectivity index (χ3v) is 0.256. The van der Waals surface area contributed by atoms with E-state index in [9.17, 15) is 0 Å². The van der Waals surface area contributed by atoms with Crippen LogP contribution < -0.4 is 11.5 Å². The van der Waals surface area contributed by atoms with E-state index in [-0.39, 0.29) is 6.61 Å². The summed E-state index contributed by atoms with van der Waals surface area (Å²) >= 11 is 0. The highest BCUT2D eigenvalue weighted by molar-refractivity contribution is 5.69. The summed E-state index contributed by atoms with van der Waals surface area (Å²) in [6.07, 6.45) is 5.20. The Balaban J connectivity index is 0. The molecule has 4 nitrogen and oxygen atoms in total. The van der Waals surface area contributed by atoms with E-state index in [1.165, 1.54) is 0 Å². The van der Waals surface area contributed by atoms with Gasteiger partial charge in [-0.25, -0.2) is 4.79 Å². The largest absolute Gasteiger partial charge is 0.395 e. The van der Waals surface area contributed by atoms with E-state index >= 15 is 0 Å². The maximum atomic E-state index is 9.00. The number of amides is 2. The highest BCUT2D eigenvalue weighted by Gasteiger charge is 1.62. The molecule has 0 aromatic carbocycles. The number of aliphatic hydroxyl groups is 1. The number of carbonyl (C=O) groups excluding carboxylic acids is 1. The van der Waals surface area contributed by atoms with Gasteiger partial charge in [-0.2, -0.15) is 0 Å². The number of hydrogen-bond donors (Lipinski definition) is 3. The van der Waals surface area contributed by atoms with Crippen LogP contribution in [0, 0.1) is 12.3 Å². The molecule has 4 heteroatoms. The van der Waals surface area contributed by atoms with Crippen LogP contribution in [0.1, 0.15) is 6.42 Å². The van der Waals surface area contributed by atoms with Crippen molar-refractivity contribution in [3.8, 4) is 12.3 Å². The molecule has 0 aliphatic rings. The number of urea groups is 1. The first-order valence-corrected chi connectivity index (χ1v) is 2.24. The average Bonchev–Trinajstić information content (AvgIpc) is 1.66. The Bertz CT molecular complexity index is 102. The second-order valence-electron chi connectivity index (χ2n) is 1.08. The molecule has 0 aromatic heterocycles. The quantitative estimate of drug-likeness (QED) is 0.398. The van der Waals surface area contributed by atoms with Gasteiger partial charge < -0.3 is 16.6 Å². The molecule has 0 aromatic rings. The van der Waals surface area contributed by atoms with Gasteiger partial charge in [-0.05, 0) is 0 Å². The van der Waals surface area contributed by atoms with Crippen LogP contribution in [0.2, 0.25) is 0 Å². The molecule has 2 amide bonds. The highest BCUT2D eigenvalue weighted by atomic mass is 16.2. The predicted molar refractivity (Wildman–Crippen MR) is 34.3 cm³/mol. The number of terminal acetylenes is 1. The van der Waals surface area contributed by atoms with Gasteiger partial charge in [0.15, 0.2) is 0 Å². The maximum absolute atomic E-state index is 9.00. The number of primary amides is 2. The van der Waals surface area contributed by atoms with E-state index in [0.29, 0.717) is 6.42 Å². The summed E-state index contributed by atoms with van der Waals surface area (Å²) in [5.41, 5.74) is 8.50. The summed E-state index contributed by atoms with van der Waals surface area (Å²) in [6, 6.07) is -0.833. The van der Waals surface area contributed by atoms with Gasteiger partial charge in [0.2, 0.25) is 0 Å². The monoisotopic (exact) mass is 130 g/mol. The number of rotatable bonds is 1. The number of nitrogens with two attached hydrogens (primary N) is 2. The van der Waals surface area contributed by atoms with Crippen LogP contribution in [0.15, 0.2) is 0 Å². The van der Waals surface area contributed by atoms with Gasteiger partial charge in [-0.3, -0.25) is 0 Å². The molecule has 0 fully saturated rings. The lowest BCUT2D eigenvalue weighted by atomic mass is 10.5. The molecule has 0 saturated carbocycles. The Kier molecular flexibility index (Phi) is 11.8. The molecule has 5 N–H and O–H groups in total. The van der Waals surface area contributed by atoms with Crippen LogP contribution >= 0.6 is 0 Å². The molecule has 0 rings (SSSR count). The molecule has 0 radical (unpaired) electrons. The third kappa shape index (κ3) is 250. The summed E-state index contributed by atoms with van der Waals surface area (Å²) in [5, 5.41) is 7.92. The van der Waals surface area contributed by atoms with Crippen LogP contribution in [-0.4, -0.2) is 17.7 Å². The van der Waals surface area contributed by atoms with Crippen LogP contribution in [-0.2, 0) is 0 Å². The van der Waals surface area contributed by atoms with Crippen molar-refractivity contribution in [2.24, 2.45) is 11.5 Å². The Morgan fingerprint density at radius 1 is 1.67 bits per heavy atom. The van der Waals surface area contributed by atoms with Crippen molar-refractivity contribution in [3.63, 3.8) is 0 Å². The normalized spacial score (nSPS) is 6.22. The summed E-state index contributed by atoms with van der Waals surface area (Å²) in [6.45, 7) is 0.108. The lowest BCUT2D eigenvalue weighted by Crippen LogP contribution is -2.18. The van der Waals surface area contributed by atoms with Gasteiger partial charge in [0.05, 0.1) is 6.61 Å². The molecule has 0 unspecified atom stereocenters. The second kappa shape index (κ2) is 9.92. The third-order valence-electron chi connectivity index (χ3n) is 0.256. The Hall–Kier alpha value is -1.21. The minimum Gasteiger partial charge on any atom is -0.395 e. The van der Waals surface area contributed by atoms with Crippen molar-refractivity contribution in [2.75, 3.05) is 6.61 Å². The smallest absolute Gasteiger partial charge is 0.309 e. The zero-order valence-electron chi connectivity index (χ0n) is 5.00. The van der Waals surface area contributed by atoms with Crippen LogP contribution in [0.25, 0.3) is 0 Å². The van der Waals surface area contributed by atoms with Gasteiger partial charge in [0.1, 0.15) is 0 Å². The zero-order chi connectivity index (χ0) is 7.70. The van der Waals surface area contributed by atoms with E-state index in [2.05, 4.69) is 17.4 Å². The SMILES string of the molecule is C#CCCO.NC(N)=O. The van der Waals surface area contributed by atoms with Crippen LogP contribution in [0.3, 0.4) is 0 Å². The van der Waals surface area contributed by atoms with Crippen molar-refractivity contribution in [1.82, 2.24) is 0 Å². The van der Waals surface area contributed by atoms with Crippen molar-refractivity contribution < 1.29 is 9.90 Å². The number of aliphatic hydroxyl groups excluding tert-OH is 1. The van der Waals surface area contributed by atoms with Gasteiger partial charge >= 0.3 is 6.03 Å². The summed E-state index contributed by atoms with van der Waals surface area (Å²) in [5.74, 6) is 2.27. The van der Waals surface area contributed by atoms with Crippen LogP contribution in [0.5, 0.6) is 0 Å². The maximum Gasteiger partial charge on any atom is 0.309 e. The van der Waals surface area contributed by atoms with Crippen molar-refractivity contribution in [2.45, 2.75) is 6.42 Å². The fourth-order valence-corrected chi connectivity index (χ4v) is 0.0645. The van der Waals surface area contributed by atoms with Crippen LogP contribution in [0.4, 0.5) is 4.79 Å². The average molecular weight is 130 g/mol. The Labute approximate surface area is 53.8 Å². The van der Waals surface area contributed by atoms with Gasteiger partial charge in [-0.15, -0.1) is 12.3 Å². The van der Waals surface area contributed by atoms with E-state index < -0.39 is 6.03 Å². The van der Waals surface area contributed by atoms with Crippen molar-refractivity contribution in [3.05, 3.63) is 0 Å². The first-order valence-electron chi connectivity index (χ1n) is 2.24. The predicted octanol–water partition coefficient (Wildman–Crippen LogP) is -0.974. The van der Waals surface area contributed by atoms with E-state index in [4.69, 9.17) is 16.3 Å². The van der Waals surface area contributed by atoms with E-state index in [0.717, 1.165) is 0 Å². The Morgan fingerprint density at radius 2 is 2.00 bits per heavy atom. The highest BCUT2D eigenvalue weighted by Crippen LogP contribution is 1.62. The van der Waals surface area contributed by atoms with Gasteiger partial charge in [0, 0.05) is 6.42 Å². The number of carbonyl (C=O) groups is 1. The van der Waals surface area contributed by atoms with Crippen molar-refractivity contribution >= 4 is 6.03 Å². The first-order chi connectivity index (χ1) is 4.15. The minimum atomic E-state index is -0.833. The molecule has 9 heavy (non-hydrogen) atoms. The molecule has 0 aliphatic heterocycles. The lowest BCUT2D eigenvalue weighted by Gasteiger charge is -1.70. The Morgan fingerprint density at radius 3 is 2.00 bits per heavy atom. The molecular weight excluding hydrogens is 120 g/mol. The van der Waals surface area contributed by atoms with Gasteiger partial charge in [-0.1, -0.05) is 0 Å². The summed E-state index contributed by atoms with van der Waals surface area (Å²) in [4.78, 5) is 9.00. The molecule has 0 bridgehead atoms. The zero-order valence-corrected chi connectivity index (χ0v) is 5.00. The summed E-state index contributed by atoms with van der Waals surface area (Å²) < 4.78 is 0. The minimum absolute atomic E-state index is 0.108. The lowest BCUT2D eigenvalue weighted by molar-refractivity contribution is 0.256. The standard InChI is InChI=1S/C4H6O.CH4N2O/c1-2-3-4-5;2-1(3)4/h1,5H,3-4H2;(H4,2,3,4). The fourth-order valence-electron chi connectivity index (χ4n) is 0.0645. The molecular formula is C5H10N2O2. The molecule has 0 saturated heterocycles. The summed E-state index contributed by atoms with van der Waals surface area (Å²) in [7, 11) is 0. The molecule has 0 spiro atoms.